The molecular formula is C14H21N4O2Si. The third-order valence-electron chi connectivity index (χ3n) is 4.36. The van der Waals surface area contributed by atoms with Crippen LogP contribution in [0.3, 0.4) is 0 Å². The van der Waals surface area contributed by atoms with E-state index in [1.54, 1.807) is 16.9 Å². The lowest BCUT2D eigenvalue weighted by Gasteiger charge is -2.23. The van der Waals surface area contributed by atoms with E-state index in [0.717, 1.165) is 0 Å². The molecule has 0 aromatic carbocycles. The maximum Gasteiger partial charge on any atom is 0.284 e. The molecule has 1 heterocycles. The van der Waals surface area contributed by atoms with Crippen molar-refractivity contribution < 1.29 is 9.59 Å². The zero-order valence-electron chi connectivity index (χ0n) is 12.2. The average molecular weight is 305 g/mol. The summed E-state index contributed by atoms with van der Waals surface area (Å²) < 4.78 is 1.64. The van der Waals surface area contributed by atoms with Gasteiger partial charge in [0.1, 0.15) is 5.69 Å². The molecule has 6 nitrogen and oxygen atoms in total. The van der Waals surface area contributed by atoms with Crippen LogP contribution >= 0.6 is 0 Å². The molecule has 1 aromatic rings. The number of hydrogen-bond acceptors (Lipinski definition) is 3. The number of carbonyl (C=O) groups is 2. The lowest BCUT2D eigenvalue weighted by Crippen LogP contribution is -2.52. The SMILES string of the molecule is CCn1nccc1C(=O)N[Si](C(N)=O)C(C1CC1)C1CC1. The Labute approximate surface area is 125 Å². The van der Waals surface area contributed by atoms with Gasteiger partial charge in [0, 0.05) is 12.7 Å². The number of aryl methyl sites for hydroxylation is 1. The van der Waals surface area contributed by atoms with Crippen molar-refractivity contribution in [3.63, 3.8) is 0 Å². The Kier molecular flexibility index (Phi) is 3.84. The Bertz CT molecular complexity index is 539. The summed E-state index contributed by atoms with van der Waals surface area (Å²) in [5.41, 5.74) is 6.11. The third kappa shape index (κ3) is 3.02. The summed E-state index contributed by atoms with van der Waals surface area (Å²) in [6, 6.07) is 1.68. The first kappa shape index (κ1) is 14.3. The van der Waals surface area contributed by atoms with Crippen molar-refractivity contribution in [3.05, 3.63) is 18.0 Å². The van der Waals surface area contributed by atoms with Crippen LogP contribution in [-0.4, -0.2) is 30.2 Å². The Morgan fingerprint density at radius 1 is 1.43 bits per heavy atom. The molecule has 0 unspecified atom stereocenters. The van der Waals surface area contributed by atoms with Gasteiger partial charge in [-0.05, 0) is 30.4 Å². The van der Waals surface area contributed by atoms with Gasteiger partial charge in [-0.3, -0.25) is 14.3 Å². The first-order chi connectivity index (χ1) is 10.1. The second kappa shape index (κ2) is 5.63. The van der Waals surface area contributed by atoms with E-state index in [4.69, 9.17) is 5.73 Å². The molecule has 0 saturated heterocycles. The molecule has 3 rings (SSSR count). The van der Waals surface area contributed by atoms with Gasteiger partial charge in [0.25, 0.3) is 14.9 Å². The fourth-order valence-electron chi connectivity index (χ4n) is 3.04. The van der Waals surface area contributed by atoms with Crippen LogP contribution in [0.4, 0.5) is 4.79 Å². The number of rotatable bonds is 7. The topological polar surface area (TPSA) is 90.0 Å². The van der Waals surface area contributed by atoms with Crippen molar-refractivity contribution in [1.29, 1.82) is 0 Å². The van der Waals surface area contributed by atoms with E-state index in [2.05, 4.69) is 10.1 Å². The number of aromatic nitrogens is 2. The molecule has 2 aliphatic rings. The zero-order chi connectivity index (χ0) is 15.0. The smallest absolute Gasteiger partial charge is 0.284 e. The van der Waals surface area contributed by atoms with Crippen LogP contribution in [-0.2, 0) is 6.54 Å². The van der Waals surface area contributed by atoms with E-state index < -0.39 is 8.96 Å². The summed E-state index contributed by atoms with van der Waals surface area (Å²) in [6.07, 6.45) is 6.29. The van der Waals surface area contributed by atoms with Crippen LogP contribution in [0.5, 0.6) is 0 Å². The van der Waals surface area contributed by atoms with E-state index in [0.29, 0.717) is 29.6 Å². The first-order valence-corrected chi connectivity index (χ1v) is 9.19. The number of nitrogens with two attached hydrogens (primary N) is 1. The van der Waals surface area contributed by atoms with Crippen LogP contribution in [0.2, 0.25) is 5.54 Å². The minimum absolute atomic E-state index is 0.215. The minimum Gasteiger partial charge on any atom is -0.373 e. The minimum atomic E-state index is -1.72. The van der Waals surface area contributed by atoms with Crippen LogP contribution in [0, 0.1) is 11.8 Å². The van der Waals surface area contributed by atoms with E-state index >= 15 is 0 Å². The molecule has 2 fully saturated rings. The summed E-state index contributed by atoms with van der Waals surface area (Å²) in [5.74, 6) is 0.971. The molecule has 7 heteroatoms. The van der Waals surface area contributed by atoms with E-state index in [-0.39, 0.29) is 11.4 Å². The monoisotopic (exact) mass is 305 g/mol. The highest BCUT2D eigenvalue weighted by atomic mass is 28.3. The Morgan fingerprint density at radius 2 is 2.05 bits per heavy atom. The maximum absolute atomic E-state index is 12.4. The predicted octanol–water partition coefficient (Wildman–Crippen LogP) is 1.47. The van der Waals surface area contributed by atoms with E-state index in [1.165, 1.54) is 25.7 Å². The van der Waals surface area contributed by atoms with Gasteiger partial charge in [-0.25, -0.2) is 0 Å². The fraction of sp³-hybridized carbons (Fsp3) is 0.643. The highest BCUT2D eigenvalue weighted by Crippen LogP contribution is 2.54. The summed E-state index contributed by atoms with van der Waals surface area (Å²) >= 11 is 0. The third-order valence-corrected chi connectivity index (χ3v) is 6.99. The summed E-state index contributed by atoms with van der Waals surface area (Å²) in [4.78, 5) is 27.3. The largest absolute Gasteiger partial charge is 0.373 e. The van der Waals surface area contributed by atoms with Crippen LogP contribution in [0.1, 0.15) is 43.1 Å². The first-order valence-electron chi connectivity index (χ1n) is 7.61. The van der Waals surface area contributed by atoms with Gasteiger partial charge >= 0.3 is 0 Å². The molecule has 21 heavy (non-hydrogen) atoms. The number of carbonyl (C=O) groups excluding carboxylic acids is 2. The highest BCUT2D eigenvalue weighted by molar-refractivity contribution is 6.90. The Balaban J connectivity index is 1.75. The Morgan fingerprint density at radius 3 is 2.52 bits per heavy atom. The van der Waals surface area contributed by atoms with Gasteiger partial charge in [-0.1, -0.05) is 25.7 Å². The van der Waals surface area contributed by atoms with E-state index in [1.807, 2.05) is 6.92 Å². The summed E-state index contributed by atoms with van der Waals surface area (Å²) in [7, 11) is -1.72. The van der Waals surface area contributed by atoms with Gasteiger partial charge in [0.05, 0.1) is 0 Å². The molecule has 0 spiro atoms. The molecule has 0 aliphatic heterocycles. The number of nitrogens with one attached hydrogen (secondary N) is 1. The van der Waals surface area contributed by atoms with Crippen molar-refractivity contribution in [1.82, 2.24) is 14.8 Å². The summed E-state index contributed by atoms with van der Waals surface area (Å²) in [6.45, 7) is 2.56. The molecular weight excluding hydrogens is 284 g/mol. The molecule has 1 aromatic heterocycles. The van der Waals surface area contributed by atoms with Gasteiger partial charge in [-0.15, -0.1) is 0 Å². The fourth-order valence-corrected chi connectivity index (χ4v) is 5.64. The molecule has 113 valence electrons. The molecule has 2 saturated carbocycles. The quantitative estimate of drug-likeness (QED) is 0.748. The lowest BCUT2D eigenvalue weighted by molar-refractivity contribution is 0.0967. The molecule has 0 bridgehead atoms. The molecule has 0 atom stereocenters. The van der Waals surface area contributed by atoms with Crippen molar-refractivity contribution in [2.24, 2.45) is 17.6 Å². The Hall–Kier alpha value is -1.63. The normalized spacial score (nSPS) is 18.2. The average Bonchev–Trinajstić information content (AvgIpc) is 3.38. The maximum atomic E-state index is 12.4. The van der Waals surface area contributed by atoms with Crippen molar-refractivity contribution in [2.75, 3.05) is 0 Å². The number of amides is 2. The van der Waals surface area contributed by atoms with Gasteiger partial charge in [0.2, 0.25) is 5.53 Å². The van der Waals surface area contributed by atoms with E-state index in [9.17, 15) is 9.59 Å². The van der Waals surface area contributed by atoms with Crippen molar-refractivity contribution in [3.8, 4) is 0 Å². The van der Waals surface area contributed by atoms with Crippen molar-refractivity contribution >= 4 is 20.4 Å². The van der Waals surface area contributed by atoms with Crippen molar-refractivity contribution in [2.45, 2.75) is 44.7 Å². The molecule has 2 amide bonds. The lowest BCUT2D eigenvalue weighted by atomic mass is 10.2. The van der Waals surface area contributed by atoms with Gasteiger partial charge in [-0.2, -0.15) is 5.10 Å². The number of primary amides is 1. The molecule has 1 radical (unpaired) electrons. The number of hydrogen-bond donors (Lipinski definition) is 2. The second-order valence-corrected chi connectivity index (χ2v) is 8.20. The molecule has 2 aliphatic carbocycles. The second-order valence-electron chi connectivity index (χ2n) is 5.96. The predicted molar refractivity (Wildman–Crippen MR) is 79.9 cm³/mol. The molecule has 3 N–H and O–H groups in total. The zero-order valence-corrected chi connectivity index (χ0v) is 13.2. The standard InChI is InChI=1S/C14H21N4O2Si/c1-2-18-11(7-8-16-18)13(19)17-21(14(15)20)12(9-3-4-9)10-5-6-10/h7-10,12H,2-6H2,1H3,(H2,15,20)(H,17,19). The highest BCUT2D eigenvalue weighted by Gasteiger charge is 2.49. The van der Waals surface area contributed by atoms with Crippen LogP contribution < -0.4 is 10.7 Å². The van der Waals surface area contributed by atoms with Gasteiger partial charge < -0.3 is 10.7 Å². The van der Waals surface area contributed by atoms with Gasteiger partial charge in [0.15, 0.2) is 0 Å². The number of nitrogens with zero attached hydrogens (tertiary/aromatic N) is 2. The van der Waals surface area contributed by atoms with Crippen LogP contribution in [0.25, 0.3) is 0 Å². The summed E-state index contributed by atoms with van der Waals surface area (Å²) in [5, 5.41) is 4.10. The van der Waals surface area contributed by atoms with Crippen LogP contribution in [0.15, 0.2) is 12.3 Å².